The molecule has 2 amide bonds. The summed E-state index contributed by atoms with van der Waals surface area (Å²) < 4.78 is 29.5. The summed E-state index contributed by atoms with van der Waals surface area (Å²) in [5.41, 5.74) is 0.392. The third kappa shape index (κ3) is 3.98. The Morgan fingerprint density at radius 2 is 1.52 bits per heavy atom. The van der Waals surface area contributed by atoms with Gasteiger partial charge < -0.3 is 4.90 Å². The van der Waals surface area contributed by atoms with Crippen LogP contribution >= 0.6 is 0 Å². The molecule has 2 fully saturated rings. The van der Waals surface area contributed by atoms with Gasteiger partial charge in [0.2, 0.25) is 21.8 Å². The second kappa shape index (κ2) is 8.37. The van der Waals surface area contributed by atoms with E-state index in [4.69, 9.17) is 0 Å². The number of sulfonamides is 1. The molecular formula is C21H21N7O4S. The van der Waals surface area contributed by atoms with E-state index in [1.807, 2.05) is 11.0 Å². The minimum atomic E-state index is -3.71. The lowest BCUT2D eigenvalue weighted by molar-refractivity contribution is -0.121. The summed E-state index contributed by atoms with van der Waals surface area (Å²) in [6.07, 6.45) is 6.94. The Balaban J connectivity index is 1.27. The number of anilines is 2. The molecule has 12 heteroatoms. The molecular weight excluding hydrogens is 446 g/mol. The van der Waals surface area contributed by atoms with Gasteiger partial charge in [-0.2, -0.15) is 4.31 Å². The molecule has 0 saturated carbocycles. The summed E-state index contributed by atoms with van der Waals surface area (Å²) >= 11 is 0. The van der Waals surface area contributed by atoms with Gasteiger partial charge in [0.1, 0.15) is 24.3 Å². The Kier molecular flexibility index (Phi) is 5.38. The number of carbonyl (C=O) groups excluding carboxylic acids is 2. The molecule has 5 rings (SSSR count). The summed E-state index contributed by atoms with van der Waals surface area (Å²) in [4.78, 5) is 39.7. The molecule has 2 saturated heterocycles. The Morgan fingerprint density at radius 1 is 0.848 bits per heavy atom. The number of benzene rings is 1. The van der Waals surface area contributed by atoms with E-state index in [-0.39, 0.29) is 29.6 Å². The van der Waals surface area contributed by atoms with Crippen molar-refractivity contribution in [2.75, 3.05) is 36.0 Å². The number of imidazole rings is 1. The predicted octanol–water partition coefficient (Wildman–Crippen LogP) is 0.827. The molecule has 170 valence electrons. The number of carbonyl (C=O) groups is 2. The van der Waals surface area contributed by atoms with Crippen molar-refractivity contribution in [3.63, 3.8) is 0 Å². The van der Waals surface area contributed by atoms with E-state index in [2.05, 4.69) is 15.0 Å². The van der Waals surface area contributed by atoms with Crippen LogP contribution in [0.15, 0.2) is 60.3 Å². The zero-order chi connectivity index (χ0) is 23.0. The molecule has 2 aromatic heterocycles. The van der Waals surface area contributed by atoms with E-state index in [0.29, 0.717) is 37.7 Å². The molecule has 0 bridgehead atoms. The number of imide groups is 1. The quantitative estimate of drug-likeness (QED) is 0.506. The standard InChI is InChI=1S/C21H21N7O4S/c29-20-5-6-21(30)28(20)16-1-3-17(4-2-16)33(31,32)27-11-9-25(10-12-27)18-13-19(24-14-23-18)26-8-7-22-15-26/h1-4,7-8,13-15H,5-6,9-12H2. The van der Waals surface area contributed by atoms with Gasteiger partial charge in [-0.15, -0.1) is 0 Å². The first-order chi connectivity index (χ1) is 15.9. The number of hydrogen-bond acceptors (Lipinski definition) is 8. The Hall–Kier alpha value is -3.64. The van der Waals surface area contributed by atoms with Crippen LogP contribution in [0.2, 0.25) is 0 Å². The summed E-state index contributed by atoms with van der Waals surface area (Å²) in [6.45, 7) is 1.57. The number of piperazine rings is 1. The fraction of sp³-hybridized carbons (Fsp3) is 0.286. The van der Waals surface area contributed by atoms with Crippen molar-refractivity contribution in [2.24, 2.45) is 0 Å². The highest BCUT2D eigenvalue weighted by molar-refractivity contribution is 7.89. The van der Waals surface area contributed by atoms with Crippen molar-refractivity contribution in [2.45, 2.75) is 17.7 Å². The molecule has 33 heavy (non-hydrogen) atoms. The van der Waals surface area contributed by atoms with E-state index in [1.54, 1.807) is 23.3 Å². The molecule has 0 unspecified atom stereocenters. The smallest absolute Gasteiger partial charge is 0.243 e. The van der Waals surface area contributed by atoms with Gasteiger partial charge in [0, 0.05) is 57.5 Å². The summed E-state index contributed by atoms with van der Waals surface area (Å²) in [5, 5.41) is 0. The van der Waals surface area contributed by atoms with Crippen LogP contribution in [0.25, 0.3) is 5.82 Å². The van der Waals surface area contributed by atoms with Crippen molar-refractivity contribution in [3.8, 4) is 5.82 Å². The summed E-state index contributed by atoms with van der Waals surface area (Å²) in [6, 6.07) is 7.73. The SMILES string of the molecule is O=C1CCC(=O)N1c1ccc(S(=O)(=O)N2CCN(c3cc(-n4ccnc4)ncn3)CC2)cc1. The van der Waals surface area contributed by atoms with E-state index in [1.165, 1.54) is 34.9 Å². The topological polar surface area (TPSA) is 122 Å². The van der Waals surface area contributed by atoms with Crippen molar-refractivity contribution in [1.29, 1.82) is 0 Å². The van der Waals surface area contributed by atoms with Crippen molar-refractivity contribution >= 4 is 33.3 Å². The van der Waals surface area contributed by atoms with Crippen LogP contribution in [0.5, 0.6) is 0 Å². The van der Waals surface area contributed by atoms with E-state index < -0.39 is 10.0 Å². The van der Waals surface area contributed by atoms with E-state index >= 15 is 0 Å². The molecule has 3 aromatic rings. The third-order valence-electron chi connectivity index (χ3n) is 5.75. The largest absolute Gasteiger partial charge is 0.354 e. The minimum absolute atomic E-state index is 0.128. The van der Waals surface area contributed by atoms with E-state index in [9.17, 15) is 18.0 Å². The second-order valence-corrected chi connectivity index (χ2v) is 9.65. The Labute approximate surface area is 190 Å². The second-order valence-electron chi connectivity index (χ2n) is 7.71. The van der Waals surface area contributed by atoms with Crippen molar-refractivity contribution in [1.82, 2.24) is 23.8 Å². The average molecular weight is 468 g/mol. The van der Waals surface area contributed by atoms with Crippen LogP contribution in [0.1, 0.15) is 12.8 Å². The number of aromatic nitrogens is 4. The van der Waals surface area contributed by atoms with Gasteiger partial charge in [-0.05, 0) is 24.3 Å². The maximum atomic E-state index is 13.1. The Bertz CT molecular complexity index is 1270. The lowest BCUT2D eigenvalue weighted by Gasteiger charge is -2.34. The molecule has 1 aromatic carbocycles. The van der Waals surface area contributed by atoms with Gasteiger partial charge in [0.05, 0.1) is 10.6 Å². The van der Waals surface area contributed by atoms with E-state index in [0.717, 1.165) is 10.7 Å². The van der Waals surface area contributed by atoms with Crippen LogP contribution in [0.4, 0.5) is 11.5 Å². The number of rotatable bonds is 5. The molecule has 2 aliphatic rings. The highest BCUT2D eigenvalue weighted by Crippen LogP contribution is 2.26. The van der Waals surface area contributed by atoms with Crippen LogP contribution in [-0.2, 0) is 19.6 Å². The van der Waals surface area contributed by atoms with Gasteiger partial charge in [-0.25, -0.2) is 23.4 Å². The lowest BCUT2D eigenvalue weighted by atomic mass is 10.3. The average Bonchev–Trinajstić information content (AvgIpc) is 3.49. The first-order valence-corrected chi connectivity index (χ1v) is 11.9. The molecule has 0 radical (unpaired) electrons. The van der Waals surface area contributed by atoms with Crippen LogP contribution in [0.3, 0.4) is 0 Å². The predicted molar refractivity (Wildman–Crippen MR) is 118 cm³/mol. The Morgan fingerprint density at radius 3 is 2.15 bits per heavy atom. The monoisotopic (exact) mass is 467 g/mol. The zero-order valence-electron chi connectivity index (χ0n) is 17.6. The van der Waals surface area contributed by atoms with Crippen LogP contribution in [0, 0.1) is 0 Å². The molecule has 0 aliphatic carbocycles. The van der Waals surface area contributed by atoms with Crippen molar-refractivity contribution < 1.29 is 18.0 Å². The number of amides is 2. The normalized spacial score (nSPS) is 17.7. The minimum Gasteiger partial charge on any atom is -0.354 e. The highest BCUT2D eigenvalue weighted by atomic mass is 32.2. The fourth-order valence-corrected chi connectivity index (χ4v) is 5.41. The molecule has 0 N–H and O–H groups in total. The lowest BCUT2D eigenvalue weighted by Crippen LogP contribution is -2.49. The number of hydrogen-bond donors (Lipinski definition) is 0. The first-order valence-electron chi connectivity index (χ1n) is 10.4. The summed E-state index contributed by atoms with van der Waals surface area (Å²) in [7, 11) is -3.71. The third-order valence-corrected chi connectivity index (χ3v) is 7.67. The van der Waals surface area contributed by atoms with Crippen molar-refractivity contribution in [3.05, 3.63) is 55.4 Å². The van der Waals surface area contributed by atoms with Gasteiger partial charge >= 0.3 is 0 Å². The molecule has 4 heterocycles. The molecule has 2 aliphatic heterocycles. The maximum Gasteiger partial charge on any atom is 0.243 e. The van der Waals surface area contributed by atoms with Crippen LogP contribution in [-0.4, -0.2) is 70.2 Å². The number of nitrogens with zero attached hydrogens (tertiary/aromatic N) is 7. The van der Waals surface area contributed by atoms with Gasteiger partial charge in [0.25, 0.3) is 0 Å². The maximum absolute atomic E-state index is 13.1. The van der Waals surface area contributed by atoms with Crippen LogP contribution < -0.4 is 9.80 Å². The molecule has 0 atom stereocenters. The first kappa shape index (κ1) is 21.2. The van der Waals surface area contributed by atoms with Gasteiger partial charge in [0.15, 0.2) is 0 Å². The van der Waals surface area contributed by atoms with Gasteiger partial charge in [-0.1, -0.05) is 0 Å². The van der Waals surface area contributed by atoms with Gasteiger partial charge in [-0.3, -0.25) is 19.1 Å². The highest BCUT2D eigenvalue weighted by Gasteiger charge is 2.32. The fourth-order valence-electron chi connectivity index (χ4n) is 3.98. The molecule has 11 nitrogen and oxygen atoms in total. The molecule has 0 spiro atoms. The zero-order valence-corrected chi connectivity index (χ0v) is 18.4. The summed E-state index contributed by atoms with van der Waals surface area (Å²) in [5.74, 6) is 0.859.